The Hall–Kier alpha value is -2.94. The van der Waals surface area contributed by atoms with E-state index in [4.69, 9.17) is 16.7 Å². The minimum atomic E-state index is -1.05. The van der Waals surface area contributed by atoms with Gasteiger partial charge in [-0.15, -0.1) is 0 Å². The van der Waals surface area contributed by atoms with Crippen molar-refractivity contribution < 1.29 is 14.3 Å². The van der Waals surface area contributed by atoms with Gasteiger partial charge in [-0.25, -0.2) is 24.1 Å². The summed E-state index contributed by atoms with van der Waals surface area (Å²) in [5.74, 6) is -0.126. The topological polar surface area (TPSA) is 116 Å². The number of hydrogen-bond donors (Lipinski definition) is 4. The van der Waals surface area contributed by atoms with Crippen LogP contribution in [0.2, 0.25) is 5.02 Å². The summed E-state index contributed by atoms with van der Waals surface area (Å²) < 4.78 is 14.3. The van der Waals surface area contributed by atoms with E-state index in [0.717, 1.165) is 30.8 Å². The Bertz CT molecular complexity index is 1030. The molecule has 4 N–H and O–H groups in total. The van der Waals surface area contributed by atoms with Crippen molar-refractivity contribution in [3.05, 3.63) is 35.5 Å². The van der Waals surface area contributed by atoms with Crippen LogP contribution in [0.5, 0.6) is 0 Å². The van der Waals surface area contributed by atoms with Crippen LogP contribution < -0.4 is 10.6 Å². The molecule has 28 heavy (non-hydrogen) atoms. The summed E-state index contributed by atoms with van der Waals surface area (Å²) in [4.78, 5) is 26.5. The SMILES string of the molecule is O=C(O)NC1CCC[C@H](Nc2nc(-c3c[nH]c4ncc(Cl)cc34)ncc2F)C1. The molecule has 1 amide bonds. The van der Waals surface area contributed by atoms with E-state index in [2.05, 4.69) is 30.6 Å². The van der Waals surface area contributed by atoms with Gasteiger partial charge in [-0.3, -0.25) is 0 Å². The highest BCUT2D eigenvalue weighted by atomic mass is 35.5. The monoisotopic (exact) mass is 404 g/mol. The molecular formula is C18H18ClFN6O2. The van der Waals surface area contributed by atoms with Gasteiger partial charge >= 0.3 is 6.09 Å². The molecule has 1 unspecified atom stereocenters. The van der Waals surface area contributed by atoms with Crippen LogP contribution in [0.1, 0.15) is 25.7 Å². The van der Waals surface area contributed by atoms with Crippen LogP contribution in [-0.4, -0.2) is 43.2 Å². The second kappa shape index (κ2) is 7.59. The highest BCUT2D eigenvalue weighted by Gasteiger charge is 2.24. The Morgan fingerprint density at radius 1 is 1.29 bits per heavy atom. The van der Waals surface area contributed by atoms with E-state index in [1.165, 1.54) is 6.20 Å². The minimum Gasteiger partial charge on any atom is -0.465 e. The molecule has 0 radical (unpaired) electrons. The van der Waals surface area contributed by atoms with Crippen LogP contribution in [0.4, 0.5) is 15.0 Å². The van der Waals surface area contributed by atoms with Gasteiger partial charge in [0.25, 0.3) is 0 Å². The van der Waals surface area contributed by atoms with Crippen LogP contribution in [0.3, 0.4) is 0 Å². The number of carboxylic acid groups (broad SMARTS) is 1. The zero-order chi connectivity index (χ0) is 19.7. The van der Waals surface area contributed by atoms with Crippen LogP contribution in [0.15, 0.2) is 24.7 Å². The molecule has 1 aliphatic rings. The number of hydrogen-bond acceptors (Lipinski definition) is 5. The lowest BCUT2D eigenvalue weighted by molar-refractivity contribution is 0.185. The molecule has 0 aromatic carbocycles. The second-order valence-corrected chi connectivity index (χ2v) is 7.23. The second-order valence-electron chi connectivity index (χ2n) is 6.80. The molecule has 0 saturated heterocycles. The summed E-state index contributed by atoms with van der Waals surface area (Å²) in [6, 6.07) is 1.51. The first-order valence-electron chi connectivity index (χ1n) is 8.91. The predicted octanol–water partition coefficient (Wildman–Crippen LogP) is 3.80. The first-order chi connectivity index (χ1) is 13.5. The summed E-state index contributed by atoms with van der Waals surface area (Å²) in [7, 11) is 0. The highest BCUT2D eigenvalue weighted by Crippen LogP contribution is 2.29. The van der Waals surface area contributed by atoms with Gasteiger partial charge in [0.2, 0.25) is 0 Å². The maximum absolute atomic E-state index is 14.3. The number of nitrogens with one attached hydrogen (secondary N) is 3. The molecule has 1 saturated carbocycles. The van der Waals surface area contributed by atoms with E-state index < -0.39 is 11.9 Å². The van der Waals surface area contributed by atoms with Crippen molar-refractivity contribution in [3.63, 3.8) is 0 Å². The fourth-order valence-corrected chi connectivity index (χ4v) is 3.74. The Balaban J connectivity index is 1.59. The summed E-state index contributed by atoms with van der Waals surface area (Å²) in [5.41, 5.74) is 1.30. The van der Waals surface area contributed by atoms with E-state index >= 15 is 0 Å². The fourth-order valence-electron chi connectivity index (χ4n) is 3.58. The largest absolute Gasteiger partial charge is 0.465 e. The first-order valence-corrected chi connectivity index (χ1v) is 9.29. The van der Waals surface area contributed by atoms with Crippen LogP contribution in [0.25, 0.3) is 22.4 Å². The Morgan fingerprint density at radius 2 is 2.11 bits per heavy atom. The van der Waals surface area contributed by atoms with E-state index in [0.29, 0.717) is 28.5 Å². The molecule has 8 nitrogen and oxygen atoms in total. The predicted molar refractivity (Wildman–Crippen MR) is 103 cm³/mol. The third-order valence-electron chi connectivity index (χ3n) is 4.83. The highest BCUT2D eigenvalue weighted by molar-refractivity contribution is 6.31. The number of pyridine rings is 1. The Labute approximate surface area is 164 Å². The van der Waals surface area contributed by atoms with Gasteiger partial charge in [0.15, 0.2) is 17.5 Å². The molecule has 146 valence electrons. The van der Waals surface area contributed by atoms with E-state index in [-0.39, 0.29) is 17.9 Å². The molecule has 3 aromatic rings. The van der Waals surface area contributed by atoms with Crippen molar-refractivity contribution in [3.8, 4) is 11.4 Å². The molecule has 0 aliphatic heterocycles. The molecule has 0 spiro atoms. The number of amides is 1. The number of aromatic amines is 1. The standard InChI is InChI=1S/C18H18ClFN6O2/c19-9-4-12-13(7-22-15(12)21-6-9)16-23-8-14(20)17(26-16)24-10-2-1-3-11(5-10)25-18(27)28/h4,6-8,10-11,25H,1-3,5H2,(H,21,22)(H,27,28)(H,23,24,26)/t10-,11?/m0/s1. The van der Waals surface area contributed by atoms with Gasteiger partial charge in [0.05, 0.1) is 11.2 Å². The molecule has 1 fully saturated rings. The maximum atomic E-state index is 14.3. The number of anilines is 1. The third kappa shape index (κ3) is 3.84. The van der Waals surface area contributed by atoms with Gasteiger partial charge < -0.3 is 20.7 Å². The maximum Gasteiger partial charge on any atom is 0.404 e. The number of halogens is 2. The number of rotatable bonds is 4. The van der Waals surface area contributed by atoms with Crippen LogP contribution in [-0.2, 0) is 0 Å². The quantitative estimate of drug-likeness (QED) is 0.525. The molecule has 3 aromatic heterocycles. The summed E-state index contributed by atoms with van der Waals surface area (Å²) in [6.45, 7) is 0. The molecule has 10 heteroatoms. The normalized spacial score (nSPS) is 19.5. The number of H-pyrrole nitrogens is 1. The summed E-state index contributed by atoms with van der Waals surface area (Å²) >= 11 is 6.03. The Kier molecular flexibility index (Phi) is 4.99. The molecule has 3 heterocycles. The fraction of sp³-hybridized carbons (Fsp3) is 0.333. The minimum absolute atomic E-state index is 0.0815. The molecule has 4 rings (SSSR count). The number of nitrogens with zero attached hydrogens (tertiary/aromatic N) is 3. The summed E-state index contributed by atoms with van der Waals surface area (Å²) in [5, 5.41) is 15.7. The van der Waals surface area contributed by atoms with Crippen LogP contribution in [0, 0.1) is 5.82 Å². The third-order valence-corrected chi connectivity index (χ3v) is 5.03. The average Bonchev–Trinajstić information content (AvgIpc) is 3.06. The number of fused-ring (bicyclic) bond motifs is 1. The smallest absolute Gasteiger partial charge is 0.404 e. The lowest BCUT2D eigenvalue weighted by Gasteiger charge is -2.30. The summed E-state index contributed by atoms with van der Waals surface area (Å²) in [6.07, 6.45) is 6.30. The molecule has 2 atom stereocenters. The van der Waals surface area contributed by atoms with Crippen molar-refractivity contribution >= 4 is 34.5 Å². The average molecular weight is 405 g/mol. The number of aromatic nitrogens is 4. The van der Waals surface area contributed by atoms with Crippen molar-refractivity contribution in [2.24, 2.45) is 0 Å². The van der Waals surface area contributed by atoms with E-state index in [9.17, 15) is 9.18 Å². The molecule has 0 bridgehead atoms. The van der Waals surface area contributed by atoms with E-state index in [1.54, 1.807) is 12.3 Å². The van der Waals surface area contributed by atoms with Crippen molar-refractivity contribution in [2.75, 3.05) is 5.32 Å². The van der Waals surface area contributed by atoms with E-state index in [1.807, 2.05) is 0 Å². The molecular weight excluding hydrogens is 387 g/mol. The van der Waals surface area contributed by atoms with Crippen LogP contribution >= 0.6 is 11.6 Å². The van der Waals surface area contributed by atoms with Crippen molar-refractivity contribution in [1.29, 1.82) is 0 Å². The lowest BCUT2D eigenvalue weighted by atomic mass is 9.91. The lowest BCUT2D eigenvalue weighted by Crippen LogP contribution is -2.41. The zero-order valence-electron chi connectivity index (χ0n) is 14.7. The first kappa shape index (κ1) is 18.4. The van der Waals surface area contributed by atoms with Gasteiger partial charge in [-0.05, 0) is 31.7 Å². The van der Waals surface area contributed by atoms with Gasteiger partial charge in [0, 0.05) is 35.4 Å². The van der Waals surface area contributed by atoms with Gasteiger partial charge in [-0.2, -0.15) is 0 Å². The zero-order valence-corrected chi connectivity index (χ0v) is 15.5. The van der Waals surface area contributed by atoms with Crippen molar-refractivity contribution in [1.82, 2.24) is 25.3 Å². The van der Waals surface area contributed by atoms with Gasteiger partial charge in [0.1, 0.15) is 5.65 Å². The number of carbonyl (C=O) groups is 1. The van der Waals surface area contributed by atoms with Crippen molar-refractivity contribution in [2.45, 2.75) is 37.8 Å². The van der Waals surface area contributed by atoms with Gasteiger partial charge in [-0.1, -0.05) is 11.6 Å². The Morgan fingerprint density at radius 3 is 2.93 bits per heavy atom. The molecule has 1 aliphatic carbocycles.